The van der Waals surface area contributed by atoms with Crippen molar-refractivity contribution in [3.63, 3.8) is 0 Å². The van der Waals surface area contributed by atoms with Crippen LogP contribution < -0.4 is 20.5 Å². The molecule has 1 aliphatic rings. The second-order valence-electron chi connectivity index (χ2n) is 7.98. The fraction of sp³-hybridized carbons (Fsp3) is 0.435. The maximum atomic E-state index is 12.4. The Balaban J connectivity index is 0.00000363. The Hall–Kier alpha value is -2.45. The van der Waals surface area contributed by atoms with Crippen LogP contribution in [0.1, 0.15) is 31.2 Å². The number of hydrogen-bond acceptors (Lipinski definition) is 4. The summed E-state index contributed by atoms with van der Waals surface area (Å²) >= 11 is 0. The van der Waals surface area contributed by atoms with Crippen molar-refractivity contribution in [3.05, 3.63) is 48.0 Å². The van der Waals surface area contributed by atoms with Crippen LogP contribution in [0.25, 0.3) is 11.1 Å². The predicted octanol–water partition coefficient (Wildman–Crippen LogP) is 4.86. The van der Waals surface area contributed by atoms with E-state index in [0.29, 0.717) is 31.1 Å². The zero-order valence-corrected chi connectivity index (χ0v) is 18.8. The van der Waals surface area contributed by atoms with Gasteiger partial charge in [-0.1, -0.05) is 18.2 Å². The van der Waals surface area contributed by atoms with E-state index in [1.165, 1.54) is 12.1 Å². The van der Waals surface area contributed by atoms with Gasteiger partial charge in [-0.2, -0.15) is 0 Å². The van der Waals surface area contributed by atoms with Gasteiger partial charge in [-0.25, -0.2) is 0 Å². The van der Waals surface area contributed by atoms with Crippen LogP contribution in [0, 0.1) is 5.41 Å². The summed E-state index contributed by atoms with van der Waals surface area (Å²) in [6.45, 7) is 0. The van der Waals surface area contributed by atoms with E-state index in [-0.39, 0.29) is 24.1 Å². The van der Waals surface area contributed by atoms with Gasteiger partial charge >= 0.3 is 6.36 Å². The van der Waals surface area contributed by atoms with Crippen molar-refractivity contribution in [2.45, 2.75) is 44.5 Å². The molecule has 1 aliphatic carbocycles. The molecule has 0 aromatic heterocycles. The summed E-state index contributed by atoms with van der Waals surface area (Å²) in [6, 6.07) is 11.6. The molecule has 0 heterocycles. The third-order valence-corrected chi connectivity index (χ3v) is 6.10. The lowest BCUT2D eigenvalue weighted by molar-refractivity contribution is -0.274. The Labute approximate surface area is 191 Å². The first-order valence-electron chi connectivity index (χ1n) is 10.2. The molecule has 2 aromatic rings. The van der Waals surface area contributed by atoms with E-state index in [9.17, 15) is 18.0 Å². The Morgan fingerprint density at radius 1 is 1.12 bits per heavy atom. The maximum absolute atomic E-state index is 12.4. The minimum absolute atomic E-state index is 0. The molecule has 9 heteroatoms. The number of nitrogens with one attached hydrogen (secondary N) is 1. The van der Waals surface area contributed by atoms with E-state index in [4.69, 9.17) is 10.5 Å². The zero-order valence-electron chi connectivity index (χ0n) is 18.0. The summed E-state index contributed by atoms with van der Waals surface area (Å²) in [6.07, 6.45) is -1.19. The van der Waals surface area contributed by atoms with Crippen molar-refractivity contribution in [2.24, 2.45) is 11.1 Å². The van der Waals surface area contributed by atoms with Crippen molar-refractivity contribution in [2.75, 3.05) is 14.2 Å². The van der Waals surface area contributed by atoms with Crippen LogP contribution in [0.3, 0.4) is 0 Å². The van der Waals surface area contributed by atoms with Crippen LogP contribution in [0.4, 0.5) is 13.2 Å². The number of nitrogens with two attached hydrogens (primary N) is 1. The van der Waals surface area contributed by atoms with Crippen LogP contribution in [0.2, 0.25) is 0 Å². The van der Waals surface area contributed by atoms with Gasteiger partial charge in [-0.15, -0.1) is 25.6 Å². The highest BCUT2D eigenvalue weighted by Crippen LogP contribution is 2.41. The normalized spacial score (nSPS) is 20.8. The Bertz CT molecular complexity index is 912. The minimum Gasteiger partial charge on any atom is -0.496 e. The molecule has 3 N–H and O–H groups in total. The molecule has 1 amide bonds. The lowest BCUT2D eigenvalue weighted by Gasteiger charge is -2.38. The van der Waals surface area contributed by atoms with Gasteiger partial charge in [0.25, 0.3) is 0 Å². The highest BCUT2D eigenvalue weighted by atomic mass is 35.5. The Morgan fingerprint density at radius 3 is 2.22 bits per heavy atom. The summed E-state index contributed by atoms with van der Waals surface area (Å²) in [5.74, 6) is 0.0549. The number of carbonyl (C=O) groups excluding carboxylic acids is 1. The fourth-order valence-corrected chi connectivity index (χ4v) is 4.28. The number of carbonyl (C=O) groups is 1. The van der Waals surface area contributed by atoms with Gasteiger partial charge in [-0.05, 0) is 80.1 Å². The molecule has 0 aliphatic heterocycles. The van der Waals surface area contributed by atoms with Crippen molar-refractivity contribution in [1.82, 2.24) is 5.32 Å². The third kappa shape index (κ3) is 6.07. The molecule has 0 saturated heterocycles. The lowest BCUT2D eigenvalue weighted by Crippen LogP contribution is -2.45. The minimum atomic E-state index is -4.73. The quantitative estimate of drug-likeness (QED) is 0.603. The fourth-order valence-electron chi connectivity index (χ4n) is 4.28. The summed E-state index contributed by atoms with van der Waals surface area (Å²) in [4.78, 5) is 12.4. The molecule has 0 bridgehead atoms. The SMILES string of the molecule is CNC1CCC(Cc2cc(-c3ccc(OC(F)(F)F)cc3)ccc2OC)(C(N)=O)CC1.Cl. The topological polar surface area (TPSA) is 73.6 Å². The number of alkyl halides is 3. The largest absolute Gasteiger partial charge is 0.573 e. The van der Waals surface area contributed by atoms with Gasteiger partial charge in [0.1, 0.15) is 11.5 Å². The molecule has 1 saturated carbocycles. The number of primary amides is 1. The summed E-state index contributed by atoms with van der Waals surface area (Å²) in [5.41, 5.74) is 7.57. The van der Waals surface area contributed by atoms with Crippen LogP contribution in [-0.2, 0) is 11.2 Å². The number of ether oxygens (including phenoxy) is 2. The van der Waals surface area contributed by atoms with E-state index < -0.39 is 11.8 Å². The number of hydrogen-bond donors (Lipinski definition) is 2. The monoisotopic (exact) mass is 472 g/mol. The van der Waals surface area contributed by atoms with Gasteiger partial charge in [-0.3, -0.25) is 4.79 Å². The van der Waals surface area contributed by atoms with Crippen molar-refractivity contribution >= 4 is 18.3 Å². The van der Waals surface area contributed by atoms with Gasteiger partial charge in [0, 0.05) is 6.04 Å². The molecule has 176 valence electrons. The standard InChI is InChI=1S/C23H27F3N2O3.ClH/c1-28-18-9-11-22(12-10-18,21(27)29)14-17-13-16(5-8-20(17)30-2)15-3-6-19(7-4-15)31-23(24,25)26;/h3-8,13,18,28H,9-12,14H2,1-2H3,(H2,27,29);1H. The molecular weight excluding hydrogens is 445 g/mol. The van der Waals surface area contributed by atoms with Crippen molar-refractivity contribution in [3.8, 4) is 22.6 Å². The van der Waals surface area contributed by atoms with Crippen molar-refractivity contribution in [1.29, 1.82) is 0 Å². The Morgan fingerprint density at radius 2 is 1.72 bits per heavy atom. The van der Waals surface area contributed by atoms with Gasteiger partial charge in [0.15, 0.2) is 0 Å². The number of rotatable bonds is 7. The van der Waals surface area contributed by atoms with Crippen LogP contribution in [0.15, 0.2) is 42.5 Å². The van der Waals surface area contributed by atoms with Crippen LogP contribution >= 0.6 is 12.4 Å². The van der Waals surface area contributed by atoms with E-state index >= 15 is 0 Å². The molecule has 3 rings (SSSR count). The van der Waals surface area contributed by atoms with E-state index in [1.54, 1.807) is 25.3 Å². The summed E-state index contributed by atoms with van der Waals surface area (Å²) in [5, 5.41) is 3.26. The average molecular weight is 473 g/mol. The van der Waals surface area contributed by atoms with Gasteiger partial charge in [0.05, 0.1) is 12.5 Å². The Kier molecular flexibility index (Phi) is 8.42. The number of methoxy groups -OCH3 is 1. The molecule has 0 spiro atoms. The number of benzene rings is 2. The van der Waals surface area contributed by atoms with E-state index in [0.717, 1.165) is 29.5 Å². The third-order valence-electron chi connectivity index (χ3n) is 6.10. The zero-order chi connectivity index (χ0) is 22.6. The highest BCUT2D eigenvalue weighted by Gasteiger charge is 2.40. The second kappa shape index (κ2) is 10.4. The average Bonchev–Trinajstić information content (AvgIpc) is 2.73. The van der Waals surface area contributed by atoms with Gasteiger partial charge < -0.3 is 20.5 Å². The molecule has 32 heavy (non-hydrogen) atoms. The van der Waals surface area contributed by atoms with Crippen LogP contribution in [0.5, 0.6) is 11.5 Å². The second-order valence-corrected chi connectivity index (χ2v) is 7.98. The molecule has 0 atom stereocenters. The van der Waals surface area contributed by atoms with E-state index in [1.807, 2.05) is 19.2 Å². The van der Waals surface area contributed by atoms with E-state index in [2.05, 4.69) is 10.1 Å². The summed E-state index contributed by atoms with van der Waals surface area (Å²) in [7, 11) is 3.48. The predicted molar refractivity (Wildman–Crippen MR) is 119 cm³/mol. The number of amides is 1. The summed E-state index contributed by atoms with van der Waals surface area (Å²) < 4.78 is 46.6. The van der Waals surface area contributed by atoms with Crippen molar-refractivity contribution < 1.29 is 27.4 Å². The molecule has 0 unspecified atom stereocenters. The molecular formula is C23H28ClF3N2O3. The highest BCUT2D eigenvalue weighted by molar-refractivity contribution is 5.85. The van der Waals surface area contributed by atoms with Gasteiger partial charge in [0.2, 0.25) is 5.91 Å². The maximum Gasteiger partial charge on any atom is 0.573 e. The first kappa shape index (κ1) is 25.8. The molecule has 2 aromatic carbocycles. The first-order valence-corrected chi connectivity index (χ1v) is 10.2. The lowest BCUT2D eigenvalue weighted by atomic mass is 9.68. The van der Waals surface area contributed by atoms with Crippen LogP contribution in [-0.4, -0.2) is 32.5 Å². The smallest absolute Gasteiger partial charge is 0.496 e. The number of halogens is 4. The molecule has 5 nitrogen and oxygen atoms in total. The molecule has 0 radical (unpaired) electrons. The molecule has 1 fully saturated rings. The first-order chi connectivity index (χ1) is 14.7.